The summed E-state index contributed by atoms with van der Waals surface area (Å²) in [6.45, 7) is 0. The molecule has 4 nitrogen and oxygen atoms in total. The zero-order chi connectivity index (χ0) is 10.8. The van der Waals surface area contributed by atoms with Gasteiger partial charge in [-0.25, -0.2) is 0 Å². The molecule has 0 saturated heterocycles. The van der Waals surface area contributed by atoms with E-state index in [0.717, 1.165) is 6.29 Å². The molecule has 0 bridgehead atoms. The van der Waals surface area contributed by atoms with Crippen LogP contribution in [0, 0.1) is 10.1 Å². The average molecular weight is 239 g/mol. The van der Waals surface area contributed by atoms with Gasteiger partial charge in [-0.05, 0) is 5.38 Å². The van der Waals surface area contributed by atoms with Crippen LogP contribution in [0.25, 0.3) is 10.4 Å². The summed E-state index contributed by atoms with van der Waals surface area (Å²) >= 11 is 2.63. The van der Waals surface area contributed by atoms with E-state index >= 15 is 0 Å². The van der Waals surface area contributed by atoms with E-state index in [1.165, 1.54) is 28.7 Å². The first-order valence-corrected chi connectivity index (χ1v) is 5.80. The van der Waals surface area contributed by atoms with Crippen LogP contribution in [-0.2, 0) is 0 Å². The molecule has 0 radical (unpaired) electrons. The van der Waals surface area contributed by atoms with E-state index in [9.17, 15) is 14.9 Å². The Morgan fingerprint density at radius 2 is 2.20 bits per heavy atom. The average Bonchev–Trinajstić information content (AvgIpc) is 2.85. The lowest BCUT2D eigenvalue weighted by Crippen LogP contribution is -1.88. The minimum atomic E-state index is -0.432. The number of rotatable bonds is 3. The van der Waals surface area contributed by atoms with Gasteiger partial charge in [0, 0.05) is 28.0 Å². The lowest BCUT2D eigenvalue weighted by Gasteiger charge is -1.94. The number of hydrogen-bond donors (Lipinski definition) is 0. The Kier molecular flexibility index (Phi) is 2.61. The van der Waals surface area contributed by atoms with E-state index in [2.05, 4.69) is 0 Å². The first kappa shape index (κ1) is 10.0. The monoisotopic (exact) mass is 239 g/mol. The summed E-state index contributed by atoms with van der Waals surface area (Å²) in [5, 5.41) is 15.8. The fourth-order valence-corrected chi connectivity index (χ4v) is 2.99. The van der Waals surface area contributed by atoms with Gasteiger partial charge in [-0.3, -0.25) is 14.9 Å². The molecule has 76 valence electrons. The quantitative estimate of drug-likeness (QED) is 0.469. The Labute approximate surface area is 92.9 Å². The molecule has 0 amide bonds. The van der Waals surface area contributed by atoms with Gasteiger partial charge in [0.15, 0.2) is 6.29 Å². The molecule has 0 saturated carbocycles. The van der Waals surface area contributed by atoms with E-state index in [1.807, 2.05) is 0 Å². The number of carbonyl (C=O) groups excluding carboxylic acids is 1. The molecule has 2 heterocycles. The second-order valence-electron chi connectivity index (χ2n) is 2.75. The maximum absolute atomic E-state index is 10.7. The van der Waals surface area contributed by atoms with Gasteiger partial charge in [0.25, 0.3) is 5.69 Å². The number of thiophene rings is 2. The molecule has 2 aromatic rings. The molecule has 0 fully saturated rings. The Balaban J connectivity index is 2.58. The molecule has 0 atom stereocenters. The third-order valence-corrected chi connectivity index (χ3v) is 3.60. The van der Waals surface area contributed by atoms with Crippen LogP contribution in [-0.4, -0.2) is 11.2 Å². The molecule has 2 aromatic heterocycles. The van der Waals surface area contributed by atoms with Crippen LogP contribution in [0.5, 0.6) is 0 Å². The zero-order valence-electron chi connectivity index (χ0n) is 7.38. The van der Waals surface area contributed by atoms with Crippen molar-refractivity contribution in [2.45, 2.75) is 0 Å². The first-order chi connectivity index (χ1) is 7.24. The molecule has 6 heteroatoms. The predicted molar refractivity (Wildman–Crippen MR) is 59.7 cm³/mol. The Morgan fingerprint density at radius 3 is 2.87 bits per heavy atom. The fraction of sp³-hybridized carbons (Fsp3) is 0. The van der Waals surface area contributed by atoms with Crippen molar-refractivity contribution in [2.24, 2.45) is 0 Å². The van der Waals surface area contributed by atoms with Crippen LogP contribution < -0.4 is 0 Å². The highest BCUT2D eigenvalue weighted by Gasteiger charge is 2.19. The molecule has 0 N–H and O–H groups in total. The van der Waals surface area contributed by atoms with Crippen LogP contribution >= 0.6 is 22.7 Å². The third kappa shape index (κ3) is 1.69. The second kappa shape index (κ2) is 3.92. The molecule has 15 heavy (non-hydrogen) atoms. The highest BCUT2D eigenvalue weighted by atomic mass is 32.1. The summed E-state index contributed by atoms with van der Waals surface area (Å²) in [6.07, 6.45) is 0.718. The van der Waals surface area contributed by atoms with Crippen molar-refractivity contribution in [3.8, 4) is 10.4 Å². The van der Waals surface area contributed by atoms with Crippen molar-refractivity contribution in [3.63, 3.8) is 0 Å². The third-order valence-electron chi connectivity index (χ3n) is 1.90. The van der Waals surface area contributed by atoms with Crippen LogP contribution in [0.1, 0.15) is 10.4 Å². The highest BCUT2D eigenvalue weighted by Crippen LogP contribution is 2.37. The summed E-state index contributed by atoms with van der Waals surface area (Å²) in [7, 11) is 0. The zero-order valence-corrected chi connectivity index (χ0v) is 9.01. The van der Waals surface area contributed by atoms with Crippen molar-refractivity contribution >= 4 is 34.6 Å². The minimum Gasteiger partial charge on any atom is -0.298 e. The Bertz CT molecular complexity index is 515. The molecular formula is C9H5NO3S2. The van der Waals surface area contributed by atoms with Gasteiger partial charge in [-0.1, -0.05) is 0 Å². The van der Waals surface area contributed by atoms with Crippen LogP contribution in [0.2, 0.25) is 0 Å². The molecule has 0 aliphatic heterocycles. The van der Waals surface area contributed by atoms with Crippen molar-refractivity contribution in [3.05, 3.63) is 37.9 Å². The maximum atomic E-state index is 10.7. The summed E-state index contributed by atoms with van der Waals surface area (Å²) in [5.74, 6) is 0. The normalized spacial score (nSPS) is 10.1. The van der Waals surface area contributed by atoms with E-state index in [0.29, 0.717) is 16.0 Å². The molecule has 0 unspecified atom stereocenters. The van der Waals surface area contributed by atoms with Gasteiger partial charge in [0.2, 0.25) is 0 Å². The van der Waals surface area contributed by atoms with Crippen molar-refractivity contribution < 1.29 is 9.72 Å². The van der Waals surface area contributed by atoms with Gasteiger partial charge >= 0.3 is 0 Å². The Hall–Kier alpha value is -1.53. The summed E-state index contributed by atoms with van der Waals surface area (Å²) in [6, 6.07) is 1.45. The largest absolute Gasteiger partial charge is 0.298 e. The van der Waals surface area contributed by atoms with Gasteiger partial charge < -0.3 is 0 Å². The van der Waals surface area contributed by atoms with Gasteiger partial charge in [0.05, 0.1) is 4.92 Å². The SMILES string of the molecule is O=Cc1cscc1-c1sccc1[N+](=O)[O-]. The standard InChI is InChI=1S/C9H5NO3S2/c11-3-6-4-14-5-7(6)9-8(10(12)13)1-2-15-9/h1-5H. The second-order valence-corrected chi connectivity index (χ2v) is 4.41. The summed E-state index contributed by atoms with van der Waals surface area (Å²) < 4.78 is 0. The van der Waals surface area contributed by atoms with Crippen LogP contribution in [0.3, 0.4) is 0 Å². The van der Waals surface area contributed by atoms with Crippen LogP contribution in [0.4, 0.5) is 5.69 Å². The molecule has 0 aliphatic rings. The van der Waals surface area contributed by atoms with Gasteiger partial charge in [-0.2, -0.15) is 11.3 Å². The Morgan fingerprint density at radius 1 is 1.40 bits per heavy atom. The predicted octanol–water partition coefficient (Wildman–Crippen LogP) is 3.20. The molecular weight excluding hydrogens is 234 g/mol. The topological polar surface area (TPSA) is 60.2 Å². The summed E-state index contributed by atoms with van der Waals surface area (Å²) in [5.41, 5.74) is 1.21. The first-order valence-electron chi connectivity index (χ1n) is 3.97. The highest BCUT2D eigenvalue weighted by molar-refractivity contribution is 7.15. The molecule has 2 rings (SSSR count). The summed E-state index contributed by atoms with van der Waals surface area (Å²) in [4.78, 5) is 21.5. The number of nitro groups is 1. The van der Waals surface area contributed by atoms with E-state index in [-0.39, 0.29) is 5.69 Å². The molecule has 0 aliphatic carbocycles. The van der Waals surface area contributed by atoms with Gasteiger partial charge in [0.1, 0.15) is 4.88 Å². The van der Waals surface area contributed by atoms with Gasteiger partial charge in [-0.15, -0.1) is 11.3 Å². The molecule has 0 spiro atoms. The van der Waals surface area contributed by atoms with E-state index in [1.54, 1.807) is 16.1 Å². The number of carbonyl (C=O) groups is 1. The van der Waals surface area contributed by atoms with Crippen molar-refractivity contribution in [1.82, 2.24) is 0 Å². The van der Waals surface area contributed by atoms with E-state index < -0.39 is 4.92 Å². The van der Waals surface area contributed by atoms with Crippen LogP contribution in [0.15, 0.2) is 22.2 Å². The van der Waals surface area contributed by atoms with Crippen molar-refractivity contribution in [1.29, 1.82) is 0 Å². The molecule has 0 aromatic carbocycles. The maximum Gasteiger partial charge on any atom is 0.287 e. The smallest absolute Gasteiger partial charge is 0.287 e. The number of nitrogens with zero attached hydrogens (tertiary/aromatic N) is 1. The lowest BCUT2D eigenvalue weighted by atomic mass is 10.1. The number of aldehydes is 1. The fourth-order valence-electron chi connectivity index (χ4n) is 1.23. The minimum absolute atomic E-state index is 0.0569. The lowest BCUT2D eigenvalue weighted by molar-refractivity contribution is -0.383. The van der Waals surface area contributed by atoms with Crippen molar-refractivity contribution in [2.75, 3.05) is 0 Å². The number of hydrogen-bond acceptors (Lipinski definition) is 5. The van der Waals surface area contributed by atoms with E-state index in [4.69, 9.17) is 0 Å².